The minimum atomic E-state index is -0.433. The molecule has 5 aromatic rings. The lowest BCUT2D eigenvalue weighted by atomic mass is 10.0. The van der Waals surface area contributed by atoms with Gasteiger partial charge in [0.25, 0.3) is 0 Å². The highest BCUT2D eigenvalue weighted by molar-refractivity contribution is 9.10. The Kier molecular flexibility index (Phi) is 5.58. The Morgan fingerprint density at radius 1 is 0.970 bits per heavy atom. The first-order valence-electron chi connectivity index (χ1n) is 10.3. The molecular formula is C25H19BrN6O. The molecule has 0 saturated heterocycles. The first-order chi connectivity index (χ1) is 16.1. The fourth-order valence-corrected chi connectivity index (χ4v) is 3.91. The number of carbonyl (C=O) groups excluding carboxylic acids is 1. The molecule has 3 aromatic heterocycles. The van der Waals surface area contributed by atoms with Crippen LogP contribution in [-0.2, 0) is 6.54 Å². The van der Waals surface area contributed by atoms with Crippen molar-refractivity contribution in [2.75, 3.05) is 5.32 Å². The molecular weight excluding hydrogens is 480 g/mol. The van der Waals surface area contributed by atoms with Crippen LogP contribution in [0.4, 0.5) is 5.82 Å². The lowest BCUT2D eigenvalue weighted by Gasteiger charge is -2.11. The quantitative estimate of drug-likeness (QED) is 0.345. The average Bonchev–Trinajstić information content (AvgIpc) is 3.24. The predicted octanol–water partition coefficient (Wildman–Crippen LogP) is 4.93. The molecule has 1 amide bonds. The van der Waals surface area contributed by atoms with E-state index >= 15 is 0 Å². The number of pyridine rings is 1. The van der Waals surface area contributed by atoms with E-state index in [-0.39, 0.29) is 0 Å². The van der Waals surface area contributed by atoms with Crippen LogP contribution < -0.4 is 11.1 Å². The Morgan fingerprint density at radius 2 is 1.67 bits per heavy atom. The van der Waals surface area contributed by atoms with Gasteiger partial charge < -0.3 is 11.1 Å². The third kappa shape index (κ3) is 4.33. The van der Waals surface area contributed by atoms with Crippen LogP contribution in [0.1, 0.15) is 15.9 Å². The number of rotatable bonds is 6. The lowest BCUT2D eigenvalue weighted by molar-refractivity contribution is 0.100. The first kappa shape index (κ1) is 20.8. The van der Waals surface area contributed by atoms with Gasteiger partial charge in [0.2, 0.25) is 5.91 Å². The van der Waals surface area contributed by atoms with Gasteiger partial charge in [-0.2, -0.15) is 9.61 Å². The standard InChI is InChI=1S/C25H19BrN6O/c26-21-15-30-32-23(29-14-16-2-1-11-28-13-16)12-22(31-25(21)32)19-7-3-17(4-8-19)18-5-9-20(10-6-18)24(27)33/h1-13,15,29H,14H2,(H2,27,33). The maximum absolute atomic E-state index is 11.3. The molecule has 3 heterocycles. The molecule has 5 rings (SSSR count). The highest BCUT2D eigenvalue weighted by Gasteiger charge is 2.12. The number of aromatic nitrogens is 4. The molecule has 0 bridgehead atoms. The predicted molar refractivity (Wildman–Crippen MR) is 132 cm³/mol. The van der Waals surface area contributed by atoms with Gasteiger partial charge in [0.05, 0.1) is 16.4 Å². The fraction of sp³-hybridized carbons (Fsp3) is 0.0400. The molecule has 0 spiro atoms. The van der Waals surface area contributed by atoms with E-state index < -0.39 is 5.91 Å². The highest BCUT2D eigenvalue weighted by atomic mass is 79.9. The highest BCUT2D eigenvalue weighted by Crippen LogP contribution is 2.28. The van der Waals surface area contributed by atoms with E-state index in [2.05, 4.69) is 31.3 Å². The number of hydrogen-bond donors (Lipinski definition) is 2. The van der Waals surface area contributed by atoms with Crippen molar-refractivity contribution in [2.24, 2.45) is 5.73 Å². The zero-order chi connectivity index (χ0) is 22.8. The fourth-order valence-electron chi connectivity index (χ4n) is 3.57. The summed E-state index contributed by atoms with van der Waals surface area (Å²) in [5.41, 5.74) is 11.5. The summed E-state index contributed by atoms with van der Waals surface area (Å²) >= 11 is 3.55. The number of benzene rings is 2. The molecule has 0 radical (unpaired) electrons. The van der Waals surface area contributed by atoms with E-state index in [1.807, 2.05) is 60.8 Å². The molecule has 0 fully saturated rings. The van der Waals surface area contributed by atoms with E-state index in [0.717, 1.165) is 43.9 Å². The van der Waals surface area contributed by atoms with Crippen molar-refractivity contribution in [1.29, 1.82) is 0 Å². The summed E-state index contributed by atoms with van der Waals surface area (Å²) in [6, 6.07) is 21.3. The number of hydrogen-bond acceptors (Lipinski definition) is 5. The van der Waals surface area contributed by atoms with Crippen molar-refractivity contribution >= 4 is 33.3 Å². The Labute approximate surface area is 198 Å². The second kappa shape index (κ2) is 8.84. The number of primary amides is 1. The molecule has 8 heteroatoms. The molecule has 3 N–H and O–H groups in total. The number of nitrogens with zero attached hydrogens (tertiary/aromatic N) is 4. The largest absolute Gasteiger partial charge is 0.366 e. The summed E-state index contributed by atoms with van der Waals surface area (Å²) in [7, 11) is 0. The second-order valence-corrected chi connectivity index (χ2v) is 8.34. The summed E-state index contributed by atoms with van der Waals surface area (Å²) in [5, 5.41) is 7.88. The number of amides is 1. The van der Waals surface area contributed by atoms with Gasteiger partial charge in [-0.15, -0.1) is 0 Å². The minimum absolute atomic E-state index is 0.433. The van der Waals surface area contributed by atoms with Crippen LogP contribution in [0, 0.1) is 0 Å². The number of fused-ring (bicyclic) bond motifs is 1. The Bertz CT molecular complexity index is 1430. The number of nitrogens with one attached hydrogen (secondary N) is 1. The monoisotopic (exact) mass is 498 g/mol. The average molecular weight is 499 g/mol. The second-order valence-electron chi connectivity index (χ2n) is 7.49. The van der Waals surface area contributed by atoms with Crippen molar-refractivity contribution in [1.82, 2.24) is 19.6 Å². The van der Waals surface area contributed by atoms with Gasteiger partial charge in [-0.3, -0.25) is 9.78 Å². The van der Waals surface area contributed by atoms with Crippen LogP contribution in [0.5, 0.6) is 0 Å². The number of anilines is 1. The van der Waals surface area contributed by atoms with Crippen molar-refractivity contribution in [3.63, 3.8) is 0 Å². The van der Waals surface area contributed by atoms with E-state index in [4.69, 9.17) is 10.7 Å². The van der Waals surface area contributed by atoms with Crippen molar-refractivity contribution in [2.45, 2.75) is 6.54 Å². The Hall–Kier alpha value is -4.04. The van der Waals surface area contributed by atoms with Crippen LogP contribution in [0.25, 0.3) is 28.0 Å². The van der Waals surface area contributed by atoms with Gasteiger partial charge in [-0.1, -0.05) is 42.5 Å². The molecule has 0 saturated carbocycles. The summed E-state index contributed by atoms with van der Waals surface area (Å²) in [5.74, 6) is 0.396. The van der Waals surface area contributed by atoms with Crippen molar-refractivity contribution in [3.05, 3.63) is 101 Å². The maximum Gasteiger partial charge on any atom is 0.248 e. The molecule has 162 valence electrons. The molecule has 0 aliphatic carbocycles. The van der Waals surface area contributed by atoms with Crippen molar-refractivity contribution in [3.8, 4) is 22.4 Å². The van der Waals surface area contributed by atoms with E-state index in [0.29, 0.717) is 12.1 Å². The Morgan fingerprint density at radius 3 is 2.33 bits per heavy atom. The summed E-state index contributed by atoms with van der Waals surface area (Å²) in [6.45, 7) is 0.615. The molecule has 7 nitrogen and oxygen atoms in total. The molecule has 0 unspecified atom stereocenters. The molecule has 2 aromatic carbocycles. The van der Waals surface area contributed by atoms with Gasteiger partial charge in [0.15, 0.2) is 5.65 Å². The third-order valence-corrected chi connectivity index (χ3v) is 5.87. The number of halogens is 1. The van der Waals surface area contributed by atoms with E-state index in [9.17, 15) is 4.79 Å². The zero-order valence-electron chi connectivity index (χ0n) is 17.4. The maximum atomic E-state index is 11.3. The summed E-state index contributed by atoms with van der Waals surface area (Å²) < 4.78 is 2.60. The third-order valence-electron chi connectivity index (χ3n) is 5.31. The SMILES string of the molecule is NC(=O)c1ccc(-c2ccc(-c3cc(NCc4cccnc4)n4ncc(Br)c4n3)cc2)cc1. The van der Waals surface area contributed by atoms with Gasteiger partial charge in [-0.25, -0.2) is 4.98 Å². The lowest BCUT2D eigenvalue weighted by Crippen LogP contribution is -2.10. The summed E-state index contributed by atoms with van der Waals surface area (Å²) in [4.78, 5) is 20.3. The molecule has 0 aliphatic heterocycles. The minimum Gasteiger partial charge on any atom is -0.366 e. The first-order valence-corrected chi connectivity index (χ1v) is 11.1. The van der Waals surface area contributed by atoms with Crippen LogP contribution in [0.3, 0.4) is 0 Å². The smallest absolute Gasteiger partial charge is 0.248 e. The van der Waals surface area contributed by atoms with Gasteiger partial charge >= 0.3 is 0 Å². The Balaban J connectivity index is 1.46. The normalized spacial score (nSPS) is 10.9. The van der Waals surface area contributed by atoms with Gasteiger partial charge in [0, 0.05) is 36.1 Å². The van der Waals surface area contributed by atoms with Crippen LogP contribution in [0.2, 0.25) is 0 Å². The van der Waals surface area contributed by atoms with Crippen molar-refractivity contribution < 1.29 is 4.79 Å². The topological polar surface area (TPSA) is 98.2 Å². The molecule has 0 atom stereocenters. The number of carbonyl (C=O) groups is 1. The van der Waals surface area contributed by atoms with E-state index in [1.165, 1.54) is 0 Å². The zero-order valence-corrected chi connectivity index (χ0v) is 19.0. The molecule has 33 heavy (non-hydrogen) atoms. The van der Waals surface area contributed by atoms with Crippen LogP contribution in [0.15, 0.2) is 89.8 Å². The van der Waals surface area contributed by atoms with E-state index in [1.54, 1.807) is 29.0 Å². The van der Waals surface area contributed by atoms with Crippen LogP contribution in [-0.4, -0.2) is 25.5 Å². The van der Waals surface area contributed by atoms with Crippen LogP contribution >= 0.6 is 15.9 Å². The van der Waals surface area contributed by atoms with Gasteiger partial charge in [-0.05, 0) is 50.8 Å². The van der Waals surface area contributed by atoms with Gasteiger partial charge in [0.1, 0.15) is 5.82 Å². The number of nitrogens with two attached hydrogens (primary N) is 1. The molecule has 0 aliphatic rings. The summed E-state index contributed by atoms with van der Waals surface area (Å²) in [6.07, 6.45) is 5.33.